The van der Waals surface area contributed by atoms with Gasteiger partial charge in [-0.1, -0.05) is 13.0 Å². The first-order valence-corrected chi connectivity index (χ1v) is 7.46. The number of β-amino-alcohol motifs (C(OH)–C–C–N with tert-alkyl or cyclic N) is 1. The van der Waals surface area contributed by atoms with Crippen molar-refractivity contribution in [2.24, 2.45) is 5.92 Å². The molecule has 1 aromatic rings. The van der Waals surface area contributed by atoms with Crippen LogP contribution in [-0.2, 0) is 0 Å². The van der Waals surface area contributed by atoms with Crippen molar-refractivity contribution in [3.63, 3.8) is 0 Å². The van der Waals surface area contributed by atoms with Crippen LogP contribution in [0.4, 0.5) is 4.39 Å². The highest BCUT2D eigenvalue weighted by Gasteiger charge is 2.19. The number of halogens is 1. The summed E-state index contributed by atoms with van der Waals surface area (Å²) in [7, 11) is 1.47. The molecule has 0 saturated carbocycles. The number of aliphatic hydroxyl groups is 1. The Morgan fingerprint density at radius 2 is 2.10 bits per heavy atom. The van der Waals surface area contributed by atoms with Gasteiger partial charge in [0.15, 0.2) is 17.3 Å². The van der Waals surface area contributed by atoms with Crippen LogP contribution in [-0.4, -0.2) is 49.5 Å². The summed E-state index contributed by atoms with van der Waals surface area (Å²) in [6, 6.07) is 4.51. The number of hydrogen-bond donors (Lipinski definition) is 1. The maximum atomic E-state index is 13.7. The maximum Gasteiger partial charge on any atom is 0.197 e. The van der Waals surface area contributed by atoms with Gasteiger partial charge in [0.1, 0.15) is 12.7 Å². The van der Waals surface area contributed by atoms with Gasteiger partial charge in [0.25, 0.3) is 0 Å². The van der Waals surface area contributed by atoms with Crippen LogP contribution in [0.1, 0.15) is 19.8 Å². The number of methoxy groups -OCH3 is 1. The van der Waals surface area contributed by atoms with Crippen molar-refractivity contribution in [3.8, 4) is 11.5 Å². The molecule has 0 aliphatic carbocycles. The Hall–Kier alpha value is -1.33. The predicted octanol–water partition coefficient (Wildman–Crippen LogP) is 2.31. The van der Waals surface area contributed by atoms with E-state index in [0.717, 1.165) is 31.8 Å². The zero-order valence-corrected chi connectivity index (χ0v) is 12.7. The summed E-state index contributed by atoms with van der Waals surface area (Å²) in [5, 5.41) is 10.1. The van der Waals surface area contributed by atoms with E-state index in [1.165, 1.54) is 13.2 Å². The summed E-state index contributed by atoms with van der Waals surface area (Å²) in [6.07, 6.45) is 1.69. The smallest absolute Gasteiger partial charge is 0.197 e. The monoisotopic (exact) mass is 297 g/mol. The number of para-hydroxylation sites is 1. The highest BCUT2D eigenvalue weighted by atomic mass is 19.1. The lowest BCUT2D eigenvalue weighted by atomic mass is 9.99. The van der Waals surface area contributed by atoms with Crippen molar-refractivity contribution in [2.45, 2.75) is 25.9 Å². The first-order chi connectivity index (χ1) is 10.1. The van der Waals surface area contributed by atoms with Crippen LogP contribution in [0.3, 0.4) is 0 Å². The zero-order valence-electron chi connectivity index (χ0n) is 12.7. The third kappa shape index (κ3) is 4.58. The third-order valence-electron chi connectivity index (χ3n) is 3.92. The van der Waals surface area contributed by atoms with Crippen LogP contribution in [0.15, 0.2) is 18.2 Å². The molecule has 5 heteroatoms. The summed E-state index contributed by atoms with van der Waals surface area (Å²) >= 11 is 0. The minimum atomic E-state index is -0.636. The minimum absolute atomic E-state index is 0.0589. The van der Waals surface area contributed by atoms with E-state index in [-0.39, 0.29) is 12.4 Å². The average Bonchev–Trinajstić information content (AvgIpc) is 2.48. The van der Waals surface area contributed by atoms with E-state index in [9.17, 15) is 9.50 Å². The van der Waals surface area contributed by atoms with Crippen LogP contribution < -0.4 is 9.47 Å². The van der Waals surface area contributed by atoms with Crippen LogP contribution in [0.5, 0.6) is 11.5 Å². The Bertz CT molecular complexity index is 447. The Labute approximate surface area is 125 Å². The van der Waals surface area contributed by atoms with Crippen molar-refractivity contribution < 1.29 is 19.0 Å². The summed E-state index contributed by atoms with van der Waals surface area (Å²) in [4.78, 5) is 2.23. The van der Waals surface area contributed by atoms with Crippen LogP contribution in [0, 0.1) is 11.7 Å². The molecule has 1 unspecified atom stereocenters. The SMILES string of the molecule is COc1cccc(F)c1OCC(O)CN1CCC(C)CC1. The molecule has 0 radical (unpaired) electrons. The first-order valence-electron chi connectivity index (χ1n) is 7.46. The molecule has 1 saturated heterocycles. The van der Waals surface area contributed by atoms with Gasteiger partial charge in [0.2, 0.25) is 0 Å². The number of nitrogens with zero attached hydrogens (tertiary/aromatic N) is 1. The number of likely N-dealkylation sites (tertiary alicyclic amines) is 1. The van der Waals surface area contributed by atoms with Crippen molar-refractivity contribution in [1.82, 2.24) is 4.90 Å². The second kappa shape index (κ2) is 7.61. The molecule has 1 atom stereocenters. The standard InChI is InChI=1S/C16H24FNO3/c1-12-6-8-18(9-7-12)10-13(19)11-21-16-14(17)4-3-5-15(16)20-2/h3-5,12-13,19H,6-11H2,1-2H3. The molecule has 1 fully saturated rings. The molecule has 1 aromatic carbocycles. The lowest BCUT2D eigenvalue weighted by molar-refractivity contribution is 0.0543. The fraction of sp³-hybridized carbons (Fsp3) is 0.625. The molecule has 4 nitrogen and oxygen atoms in total. The molecule has 0 amide bonds. The first kappa shape index (κ1) is 16.0. The Morgan fingerprint density at radius 3 is 2.76 bits per heavy atom. The van der Waals surface area contributed by atoms with Gasteiger partial charge in [-0.05, 0) is 44.0 Å². The van der Waals surface area contributed by atoms with Gasteiger partial charge in [-0.25, -0.2) is 4.39 Å². The largest absolute Gasteiger partial charge is 0.493 e. The zero-order chi connectivity index (χ0) is 15.2. The quantitative estimate of drug-likeness (QED) is 0.875. The van der Waals surface area contributed by atoms with E-state index in [1.54, 1.807) is 12.1 Å². The van der Waals surface area contributed by atoms with E-state index in [2.05, 4.69) is 11.8 Å². The molecular formula is C16H24FNO3. The Balaban J connectivity index is 1.82. The molecule has 118 valence electrons. The maximum absolute atomic E-state index is 13.7. The normalized spacial score (nSPS) is 18.5. The van der Waals surface area contributed by atoms with Gasteiger partial charge in [-0.15, -0.1) is 0 Å². The highest BCUT2D eigenvalue weighted by Crippen LogP contribution is 2.29. The van der Waals surface area contributed by atoms with Gasteiger partial charge in [0.05, 0.1) is 7.11 Å². The number of hydrogen-bond acceptors (Lipinski definition) is 4. The van der Waals surface area contributed by atoms with Gasteiger partial charge in [0, 0.05) is 6.54 Å². The van der Waals surface area contributed by atoms with E-state index >= 15 is 0 Å². The fourth-order valence-corrected chi connectivity index (χ4v) is 2.56. The summed E-state index contributed by atoms with van der Waals surface area (Å²) < 4.78 is 24.2. The number of rotatable bonds is 6. The van der Waals surface area contributed by atoms with Crippen molar-refractivity contribution in [2.75, 3.05) is 33.4 Å². The molecule has 0 aromatic heterocycles. The Morgan fingerprint density at radius 1 is 1.38 bits per heavy atom. The van der Waals surface area contributed by atoms with E-state index < -0.39 is 11.9 Å². The molecule has 21 heavy (non-hydrogen) atoms. The number of aliphatic hydroxyl groups excluding tert-OH is 1. The van der Waals surface area contributed by atoms with Crippen molar-refractivity contribution in [3.05, 3.63) is 24.0 Å². The van der Waals surface area contributed by atoms with E-state index in [4.69, 9.17) is 9.47 Å². The van der Waals surface area contributed by atoms with Crippen molar-refractivity contribution >= 4 is 0 Å². The molecule has 1 aliphatic heterocycles. The number of ether oxygens (including phenoxy) is 2. The summed E-state index contributed by atoms with van der Waals surface area (Å²) in [5.74, 6) is 0.686. The molecule has 1 N–H and O–H groups in total. The molecule has 2 rings (SSSR count). The number of benzene rings is 1. The van der Waals surface area contributed by atoms with E-state index in [0.29, 0.717) is 12.3 Å². The Kier molecular flexibility index (Phi) is 5.82. The molecule has 0 bridgehead atoms. The van der Waals surface area contributed by atoms with Gasteiger partial charge in [-0.3, -0.25) is 0 Å². The second-order valence-electron chi connectivity index (χ2n) is 5.72. The fourth-order valence-electron chi connectivity index (χ4n) is 2.56. The topological polar surface area (TPSA) is 41.9 Å². The predicted molar refractivity (Wildman–Crippen MR) is 79.3 cm³/mol. The summed E-state index contributed by atoms with van der Waals surface area (Å²) in [6.45, 7) is 4.87. The molecule has 0 spiro atoms. The average molecular weight is 297 g/mol. The van der Waals surface area contributed by atoms with Gasteiger partial charge >= 0.3 is 0 Å². The molecular weight excluding hydrogens is 273 g/mol. The third-order valence-corrected chi connectivity index (χ3v) is 3.92. The second-order valence-corrected chi connectivity index (χ2v) is 5.72. The van der Waals surface area contributed by atoms with Gasteiger partial charge in [-0.2, -0.15) is 0 Å². The number of piperidine rings is 1. The van der Waals surface area contributed by atoms with Crippen molar-refractivity contribution in [1.29, 1.82) is 0 Å². The van der Waals surface area contributed by atoms with Crippen LogP contribution in [0.2, 0.25) is 0 Å². The molecule has 1 aliphatic rings. The highest BCUT2D eigenvalue weighted by molar-refractivity contribution is 5.40. The lowest BCUT2D eigenvalue weighted by Crippen LogP contribution is -2.40. The summed E-state index contributed by atoms with van der Waals surface area (Å²) in [5.41, 5.74) is 0. The minimum Gasteiger partial charge on any atom is -0.493 e. The molecule has 1 heterocycles. The lowest BCUT2D eigenvalue weighted by Gasteiger charge is -2.31. The van der Waals surface area contributed by atoms with E-state index in [1.807, 2.05) is 0 Å². The van der Waals surface area contributed by atoms with Crippen LogP contribution >= 0.6 is 0 Å². The van der Waals surface area contributed by atoms with Gasteiger partial charge < -0.3 is 19.5 Å². The van der Waals surface area contributed by atoms with Crippen LogP contribution in [0.25, 0.3) is 0 Å².